The molecule has 1 aliphatic heterocycles. The topological polar surface area (TPSA) is 15.3 Å². The lowest BCUT2D eigenvalue weighted by Crippen LogP contribution is -2.46. The maximum atomic E-state index is 6.13. The van der Waals surface area contributed by atoms with Crippen molar-refractivity contribution in [3.05, 3.63) is 34.9 Å². The zero-order chi connectivity index (χ0) is 14.8. The van der Waals surface area contributed by atoms with Crippen LogP contribution in [0.4, 0.5) is 0 Å². The molecular weight excluding hydrogens is 268 g/mol. The van der Waals surface area contributed by atoms with E-state index in [0.29, 0.717) is 12.1 Å². The van der Waals surface area contributed by atoms with Gasteiger partial charge < -0.3 is 5.32 Å². The SMILES string of the molecule is CC(c1cccc(Cl)c1)N1CCCNC(C(C)(C)C)C1. The van der Waals surface area contributed by atoms with E-state index in [2.05, 4.69) is 50.0 Å². The predicted molar refractivity (Wildman–Crippen MR) is 87.3 cm³/mol. The van der Waals surface area contributed by atoms with Crippen LogP contribution in [0.15, 0.2) is 24.3 Å². The van der Waals surface area contributed by atoms with Gasteiger partial charge in [-0.15, -0.1) is 0 Å². The summed E-state index contributed by atoms with van der Waals surface area (Å²) in [5.41, 5.74) is 1.60. The highest BCUT2D eigenvalue weighted by molar-refractivity contribution is 6.30. The number of hydrogen-bond acceptors (Lipinski definition) is 2. The number of benzene rings is 1. The molecule has 0 aromatic heterocycles. The molecule has 0 bridgehead atoms. The van der Waals surface area contributed by atoms with Gasteiger partial charge in [-0.25, -0.2) is 0 Å². The minimum absolute atomic E-state index is 0.288. The summed E-state index contributed by atoms with van der Waals surface area (Å²) in [6.45, 7) is 12.6. The third kappa shape index (κ3) is 3.97. The van der Waals surface area contributed by atoms with Gasteiger partial charge in [0, 0.05) is 30.2 Å². The van der Waals surface area contributed by atoms with E-state index in [1.165, 1.54) is 12.0 Å². The van der Waals surface area contributed by atoms with E-state index in [1.54, 1.807) is 0 Å². The molecule has 0 amide bonds. The quantitative estimate of drug-likeness (QED) is 0.883. The first kappa shape index (κ1) is 15.8. The molecule has 0 saturated carbocycles. The number of halogens is 1. The largest absolute Gasteiger partial charge is 0.312 e. The van der Waals surface area contributed by atoms with Crippen molar-refractivity contribution in [1.29, 1.82) is 0 Å². The Bertz CT molecular complexity index is 439. The Hall–Kier alpha value is -0.570. The highest BCUT2D eigenvalue weighted by Crippen LogP contribution is 2.28. The van der Waals surface area contributed by atoms with Gasteiger partial charge in [0.05, 0.1) is 0 Å². The van der Waals surface area contributed by atoms with Gasteiger partial charge in [-0.3, -0.25) is 4.90 Å². The fourth-order valence-electron chi connectivity index (χ4n) is 2.86. The summed E-state index contributed by atoms with van der Waals surface area (Å²) in [5, 5.41) is 4.53. The van der Waals surface area contributed by atoms with Crippen LogP contribution in [0.25, 0.3) is 0 Å². The van der Waals surface area contributed by atoms with Crippen molar-refractivity contribution in [2.45, 2.75) is 46.2 Å². The third-order valence-electron chi connectivity index (χ3n) is 4.35. The monoisotopic (exact) mass is 294 g/mol. The van der Waals surface area contributed by atoms with Crippen LogP contribution in [0.5, 0.6) is 0 Å². The number of nitrogens with one attached hydrogen (secondary N) is 1. The summed E-state index contributed by atoms with van der Waals surface area (Å²) in [6, 6.07) is 9.22. The van der Waals surface area contributed by atoms with Crippen LogP contribution >= 0.6 is 11.6 Å². The lowest BCUT2D eigenvalue weighted by molar-refractivity contribution is 0.162. The Kier molecular flexibility index (Phi) is 5.11. The van der Waals surface area contributed by atoms with Crippen molar-refractivity contribution in [1.82, 2.24) is 10.2 Å². The number of nitrogens with zero attached hydrogens (tertiary/aromatic N) is 1. The van der Waals surface area contributed by atoms with Crippen molar-refractivity contribution in [2.24, 2.45) is 5.41 Å². The predicted octanol–water partition coefficient (Wildman–Crippen LogP) is 4.11. The average Bonchev–Trinajstić information content (AvgIpc) is 2.63. The normalized spacial score (nSPS) is 23.4. The maximum absolute atomic E-state index is 6.13. The first-order valence-electron chi connectivity index (χ1n) is 7.61. The summed E-state index contributed by atoms with van der Waals surface area (Å²) in [5.74, 6) is 0. The summed E-state index contributed by atoms with van der Waals surface area (Å²) >= 11 is 6.13. The lowest BCUT2D eigenvalue weighted by Gasteiger charge is -2.36. The molecule has 112 valence electrons. The second-order valence-corrected chi connectivity index (χ2v) is 7.39. The molecule has 2 unspecified atom stereocenters. The van der Waals surface area contributed by atoms with E-state index in [0.717, 1.165) is 24.7 Å². The maximum Gasteiger partial charge on any atom is 0.0409 e. The molecule has 0 spiro atoms. The van der Waals surface area contributed by atoms with Crippen LogP contribution in [-0.2, 0) is 0 Å². The van der Waals surface area contributed by atoms with E-state index >= 15 is 0 Å². The molecule has 2 rings (SSSR count). The zero-order valence-electron chi connectivity index (χ0n) is 13.1. The minimum atomic E-state index is 0.288. The second-order valence-electron chi connectivity index (χ2n) is 6.95. The molecule has 3 heteroatoms. The van der Waals surface area contributed by atoms with Gasteiger partial charge in [0.2, 0.25) is 0 Å². The van der Waals surface area contributed by atoms with Crippen molar-refractivity contribution < 1.29 is 0 Å². The van der Waals surface area contributed by atoms with Gasteiger partial charge in [-0.1, -0.05) is 44.5 Å². The standard InChI is InChI=1S/C17H27ClN2/c1-13(14-7-5-8-15(18)11-14)20-10-6-9-19-16(12-20)17(2,3)4/h5,7-8,11,13,16,19H,6,9-10,12H2,1-4H3. The van der Waals surface area contributed by atoms with Gasteiger partial charge in [-0.05, 0) is 43.0 Å². The van der Waals surface area contributed by atoms with Crippen LogP contribution in [-0.4, -0.2) is 30.6 Å². The van der Waals surface area contributed by atoms with E-state index < -0.39 is 0 Å². The van der Waals surface area contributed by atoms with Gasteiger partial charge in [-0.2, -0.15) is 0 Å². The van der Waals surface area contributed by atoms with Crippen LogP contribution in [0, 0.1) is 5.41 Å². The van der Waals surface area contributed by atoms with E-state index in [-0.39, 0.29) is 5.41 Å². The van der Waals surface area contributed by atoms with Crippen LogP contribution in [0.1, 0.15) is 45.7 Å². The number of rotatable bonds is 2. The van der Waals surface area contributed by atoms with Crippen molar-refractivity contribution in [3.63, 3.8) is 0 Å². The highest BCUT2D eigenvalue weighted by Gasteiger charge is 2.30. The molecule has 2 nitrogen and oxygen atoms in total. The molecule has 1 N–H and O–H groups in total. The minimum Gasteiger partial charge on any atom is -0.312 e. The summed E-state index contributed by atoms with van der Waals surface area (Å²) in [6.07, 6.45) is 1.21. The van der Waals surface area contributed by atoms with E-state index in [1.807, 2.05) is 12.1 Å². The Labute approximate surface area is 128 Å². The highest BCUT2D eigenvalue weighted by atomic mass is 35.5. The Morgan fingerprint density at radius 2 is 2.10 bits per heavy atom. The van der Waals surface area contributed by atoms with Crippen molar-refractivity contribution in [3.8, 4) is 0 Å². The lowest BCUT2D eigenvalue weighted by atomic mass is 9.86. The average molecular weight is 295 g/mol. The van der Waals surface area contributed by atoms with E-state index in [4.69, 9.17) is 11.6 Å². The fourth-order valence-corrected chi connectivity index (χ4v) is 3.06. The first-order chi connectivity index (χ1) is 9.38. The van der Waals surface area contributed by atoms with Gasteiger partial charge in [0.25, 0.3) is 0 Å². The van der Waals surface area contributed by atoms with Gasteiger partial charge >= 0.3 is 0 Å². The molecule has 2 atom stereocenters. The Morgan fingerprint density at radius 1 is 1.35 bits per heavy atom. The van der Waals surface area contributed by atoms with Crippen LogP contribution in [0.3, 0.4) is 0 Å². The molecule has 1 aliphatic rings. The second kappa shape index (κ2) is 6.46. The molecule has 1 aromatic rings. The Balaban J connectivity index is 2.13. The molecule has 20 heavy (non-hydrogen) atoms. The fraction of sp³-hybridized carbons (Fsp3) is 0.647. The van der Waals surface area contributed by atoms with Crippen LogP contribution in [0.2, 0.25) is 5.02 Å². The zero-order valence-corrected chi connectivity index (χ0v) is 13.9. The molecular formula is C17H27ClN2. The number of hydrogen-bond donors (Lipinski definition) is 1. The summed E-state index contributed by atoms with van der Waals surface area (Å²) < 4.78 is 0. The van der Waals surface area contributed by atoms with Gasteiger partial charge in [0.15, 0.2) is 0 Å². The summed E-state index contributed by atoms with van der Waals surface area (Å²) in [4.78, 5) is 2.58. The molecule has 0 radical (unpaired) electrons. The van der Waals surface area contributed by atoms with Crippen molar-refractivity contribution >= 4 is 11.6 Å². The molecule has 1 heterocycles. The van der Waals surface area contributed by atoms with Crippen molar-refractivity contribution in [2.75, 3.05) is 19.6 Å². The summed E-state index contributed by atoms with van der Waals surface area (Å²) in [7, 11) is 0. The molecule has 1 aromatic carbocycles. The molecule has 0 aliphatic carbocycles. The smallest absolute Gasteiger partial charge is 0.0409 e. The molecule has 1 saturated heterocycles. The van der Waals surface area contributed by atoms with E-state index in [9.17, 15) is 0 Å². The van der Waals surface area contributed by atoms with Gasteiger partial charge in [0.1, 0.15) is 0 Å². The first-order valence-corrected chi connectivity index (χ1v) is 7.98. The van der Waals surface area contributed by atoms with Crippen LogP contribution < -0.4 is 5.32 Å². The molecule has 1 fully saturated rings. The Morgan fingerprint density at radius 3 is 2.75 bits per heavy atom. The third-order valence-corrected chi connectivity index (χ3v) is 4.59.